The van der Waals surface area contributed by atoms with Gasteiger partial charge < -0.3 is 10.6 Å². The molecule has 2 N–H and O–H groups in total. The molecule has 0 bridgehead atoms. The van der Waals surface area contributed by atoms with Crippen LogP contribution in [0.5, 0.6) is 0 Å². The van der Waals surface area contributed by atoms with Crippen molar-refractivity contribution in [2.45, 2.75) is 32.2 Å². The number of carbonyl (C=O) groups is 1. The molecule has 1 aromatic carbocycles. The average molecular weight is 283 g/mol. The lowest BCUT2D eigenvalue weighted by molar-refractivity contribution is -0.125. The highest BCUT2D eigenvalue weighted by Gasteiger charge is 2.21. The highest BCUT2D eigenvalue weighted by atomic mass is 35.5. The number of halogens is 1. The number of benzene rings is 1. The normalized spacial score (nSPS) is 18.9. The molecular weight excluding hydrogens is 260 g/mol. The van der Waals surface area contributed by atoms with Gasteiger partial charge in [0, 0.05) is 18.5 Å². The monoisotopic (exact) mass is 282 g/mol. The van der Waals surface area contributed by atoms with Crippen molar-refractivity contribution in [1.82, 2.24) is 10.6 Å². The molecule has 2 unspecified atom stereocenters. The minimum absolute atomic E-state index is 0. The highest BCUT2D eigenvalue weighted by Crippen LogP contribution is 2.21. The fourth-order valence-electron chi connectivity index (χ4n) is 2.56. The van der Waals surface area contributed by atoms with E-state index in [2.05, 4.69) is 34.9 Å². The van der Waals surface area contributed by atoms with Gasteiger partial charge >= 0.3 is 0 Å². The van der Waals surface area contributed by atoms with Crippen LogP contribution in [0.3, 0.4) is 0 Å². The third kappa shape index (κ3) is 4.22. The SMILES string of the molecule is CNCC(C)C(=O)NC1CCc2ccccc2C1.Cl. The summed E-state index contributed by atoms with van der Waals surface area (Å²) in [6, 6.07) is 8.83. The van der Waals surface area contributed by atoms with Crippen LogP contribution >= 0.6 is 12.4 Å². The molecule has 0 heterocycles. The Morgan fingerprint density at radius 2 is 2.05 bits per heavy atom. The second-order valence-corrected chi connectivity index (χ2v) is 5.18. The molecule has 0 fully saturated rings. The largest absolute Gasteiger partial charge is 0.353 e. The Morgan fingerprint density at radius 1 is 1.37 bits per heavy atom. The van der Waals surface area contributed by atoms with Crippen LogP contribution < -0.4 is 10.6 Å². The maximum Gasteiger partial charge on any atom is 0.224 e. The Kier molecular flexibility index (Phi) is 6.32. The molecule has 19 heavy (non-hydrogen) atoms. The van der Waals surface area contributed by atoms with Crippen LogP contribution in [0.4, 0.5) is 0 Å². The van der Waals surface area contributed by atoms with E-state index >= 15 is 0 Å². The Balaban J connectivity index is 0.00000180. The van der Waals surface area contributed by atoms with Crippen molar-refractivity contribution in [3.05, 3.63) is 35.4 Å². The molecule has 1 amide bonds. The molecule has 0 aromatic heterocycles. The predicted octanol–water partition coefficient (Wildman–Crippen LogP) is 1.94. The minimum atomic E-state index is 0. The molecule has 106 valence electrons. The van der Waals surface area contributed by atoms with Crippen LogP contribution in [-0.2, 0) is 17.6 Å². The molecular formula is C15H23ClN2O. The zero-order valence-electron chi connectivity index (χ0n) is 11.6. The van der Waals surface area contributed by atoms with E-state index in [1.165, 1.54) is 11.1 Å². The second kappa shape index (κ2) is 7.51. The maximum atomic E-state index is 12.0. The number of aryl methyl sites for hydroxylation is 1. The Labute approximate surface area is 121 Å². The fraction of sp³-hybridized carbons (Fsp3) is 0.533. The van der Waals surface area contributed by atoms with Gasteiger partial charge in [-0.1, -0.05) is 31.2 Å². The number of carbonyl (C=O) groups excluding carboxylic acids is 1. The smallest absolute Gasteiger partial charge is 0.224 e. The van der Waals surface area contributed by atoms with Gasteiger partial charge in [0.15, 0.2) is 0 Å². The van der Waals surface area contributed by atoms with E-state index in [4.69, 9.17) is 0 Å². The quantitative estimate of drug-likeness (QED) is 0.886. The maximum absolute atomic E-state index is 12.0. The zero-order chi connectivity index (χ0) is 13.0. The van der Waals surface area contributed by atoms with Gasteiger partial charge in [0.1, 0.15) is 0 Å². The van der Waals surface area contributed by atoms with Gasteiger partial charge in [0.25, 0.3) is 0 Å². The number of nitrogens with one attached hydrogen (secondary N) is 2. The third-order valence-corrected chi connectivity index (χ3v) is 3.65. The van der Waals surface area contributed by atoms with Crippen molar-refractivity contribution >= 4 is 18.3 Å². The molecule has 0 spiro atoms. The molecule has 0 radical (unpaired) electrons. The molecule has 1 aliphatic rings. The van der Waals surface area contributed by atoms with Gasteiger partial charge in [-0.2, -0.15) is 0 Å². The standard InChI is InChI=1S/C15H22N2O.ClH/c1-11(10-16-2)15(18)17-14-8-7-12-5-3-4-6-13(12)9-14;/h3-6,11,14,16H,7-10H2,1-2H3,(H,17,18);1H. The summed E-state index contributed by atoms with van der Waals surface area (Å²) in [7, 11) is 1.88. The lowest BCUT2D eigenvalue weighted by Crippen LogP contribution is -2.43. The van der Waals surface area contributed by atoms with E-state index < -0.39 is 0 Å². The minimum Gasteiger partial charge on any atom is -0.353 e. The topological polar surface area (TPSA) is 41.1 Å². The Bertz CT molecular complexity index is 422. The molecule has 0 aliphatic heterocycles. The van der Waals surface area contributed by atoms with Gasteiger partial charge in [-0.3, -0.25) is 4.79 Å². The van der Waals surface area contributed by atoms with Crippen molar-refractivity contribution in [3.63, 3.8) is 0 Å². The lowest BCUT2D eigenvalue weighted by atomic mass is 9.88. The first-order valence-corrected chi connectivity index (χ1v) is 6.72. The van der Waals surface area contributed by atoms with Crippen LogP contribution in [0.25, 0.3) is 0 Å². The van der Waals surface area contributed by atoms with Crippen LogP contribution in [-0.4, -0.2) is 25.5 Å². The molecule has 2 rings (SSSR count). The second-order valence-electron chi connectivity index (χ2n) is 5.18. The van der Waals surface area contributed by atoms with E-state index in [1.54, 1.807) is 0 Å². The number of hydrogen-bond donors (Lipinski definition) is 2. The predicted molar refractivity (Wildman–Crippen MR) is 80.7 cm³/mol. The average Bonchev–Trinajstić information content (AvgIpc) is 2.39. The van der Waals surface area contributed by atoms with Crippen molar-refractivity contribution in [2.75, 3.05) is 13.6 Å². The van der Waals surface area contributed by atoms with Crippen LogP contribution in [0, 0.1) is 5.92 Å². The van der Waals surface area contributed by atoms with E-state index in [0.29, 0.717) is 6.04 Å². The van der Waals surface area contributed by atoms with Gasteiger partial charge in [-0.15, -0.1) is 12.4 Å². The molecule has 4 heteroatoms. The first-order chi connectivity index (χ1) is 8.70. The van der Waals surface area contributed by atoms with Gasteiger partial charge in [0.05, 0.1) is 0 Å². The molecule has 0 saturated heterocycles. The highest BCUT2D eigenvalue weighted by molar-refractivity contribution is 5.85. The molecule has 2 atom stereocenters. The fourth-order valence-corrected chi connectivity index (χ4v) is 2.56. The number of amides is 1. The first kappa shape index (κ1) is 16.0. The first-order valence-electron chi connectivity index (χ1n) is 6.72. The van der Waals surface area contributed by atoms with E-state index in [9.17, 15) is 4.79 Å². The van der Waals surface area contributed by atoms with Crippen LogP contribution in [0.15, 0.2) is 24.3 Å². The summed E-state index contributed by atoms with van der Waals surface area (Å²) in [4.78, 5) is 12.0. The summed E-state index contributed by atoms with van der Waals surface area (Å²) in [6.45, 7) is 2.69. The molecule has 0 saturated carbocycles. The van der Waals surface area contributed by atoms with Gasteiger partial charge in [-0.05, 0) is 37.4 Å². The van der Waals surface area contributed by atoms with Crippen molar-refractivity contribution < 1.29 is 4.79 Å². The number of rotatable bonds is 4. The van der Waals surface area contributed by atoms with Crippen molar-refractivity contribution in [2.24, 2.45) is 5.92 Å². The lowest BCUT2D eigenvalue weighted by Gasteiger charge is -2.26. The number of hydrogen-bond acceptors (Lipinski definition) is 2. The molecule has 3 nitrogen and oxygen atoms in total. The Morgan fingerprint density at radius 3 is 2.74 bits per heavy atom. The summed E-state index contributed by atoms with van der Waals surface area (Å²) in [6.07, 6.45) is 3.09. The van der Waals surface area contributed by atoms with Gasteiger partial charge in [0.2, 0.25) is 5.91 Å². The summed E-state index contributed by atoms with van der Waals surface area (Å²) < 4.78 is 0. The van der Waals surface area contributed by atoms with Crippen LogP contribution in [0.2, 0.25) is 0 Å². The van der Waals surface area contributed by atoms with E-state index in [-0.39, 0.29) is 24.2 Å². The molecule has 1 aromatic rings. The zero-order valence-corrected chi connectivity index (χ0v) is 12.4. The van der Waals surface area contributed by atoms with Crippen LogP contribution in [0.1, 0.15) is 24.5 Å². The number of fused-ring (bicyclic) bond motifs is 1. The summed E-state index contributed by atoms with van der Waals surface area (Å²) in [5.74, 6) is 0.195. The van der Waals surface area contributed by atoms with Crippen molar-refractivity contribution in [3.8, 4) is 0 Å². The summed E-state index contributed by atoms with van der Waals surface area (Å²) >= 11 is 0. The van der Waals surface area contributed by atoms with Gasteiger partial charge in [-0.25, -0.2) is 0 Å². The molecule has 1 aliphatic carbocycles. The van der Waals surface area contributed by atoms with E-state index in [1.807, 2.05) is 14.0 Å². The van der Waals surface area contributed by atoms with E-state index in [0.717, 1.165) is 25.8 Å². The summed E-state index contributed by atoms with van der Waals surface area (Å²) in [5, 5.41) is 6.21. The summed E-state index contributed by atoms with van der Waals surface area (Å²) in [5.41, 5.74) is 2.82. The van der Waals surface area contributed by atoms with Crippen molar-refractivity contribution in [1.29, 1.82) is 0 Å². The third-order valence-electron chi connectivity index (χ3n) is 3.65. The Hall–Kier alpha value is -1.06.